The van der Waals surface area contributed by atoms with Crippen molar-refractivity contribution in [2.45, 2.75) is 6.92 Å². The van der Waals surface area contributed by atoms with Crippen molar-refractivity contribution in [1.29, 1.82) is 0 Å². The van der Waals surface area contributed by atoms with E-state index in [1.54, 1.807) is 29.2 Å². The molecular formula is C20H20N2O6S. The number of carbonyl (C=O) groups excluding carboxylic acids is 3. The number of hydrogen-bond acceptors (Lipinski definition) is 8. The van der Waals surface area contributed by atoms with Crippen LogP contribution in [-0.4, -0.2) is 45.4 Å². The van der Waals surface area contributed by atoms with Crippen LogP contribution >= 0.6 is 11.3 Å². The van der Waals surface area contributed by atoms with E-state index in [9.17, 15) is 14.4 Å². The lowest BCUT2D eigenvalue weighted by molar-refractivity contribution is -0.140. The number of thiophene rings is 1. The number of rotatable bonds is 5. The van der Waals surface area contributed by atoms with E-state index in [1.165, 1.54) is 25.6 Å². The first kappa shape index (κ1) is 20.6. The van der Waals surface area contributed by atoms with Crippen LogP contribution in [0.25, 0.3) is 0 Å². The van der Waals surface area contributed by atoms with Crippen molar-refractivity contribution < 1.29 is 28.6 Å². The minimum absolute atomic E-state index is 0.0540. The summed E-state index contributed by atoms with van der Waals surface area (Å²) < 4.78 is 15.1. The van der Waals surface area contributed by atoms with Gasteiger partial charge in [0.05, 0.1) is 31.3 Å². The highest BCUT2D eigenvalue weighted by Crippen LogP contribution is 2.30. The average Bonchev–Trinajstić information content (AvgIpc) is 3.28. The molecule has 0 unspecified atom stereocenters. The Balaban J connectivity index is 1.92. The maximum atomic E-state index is 12.4. The molecular weight excluding hydrogens is 396 g/mol. The number of amides is 1. The molecule has 1 aromatic carbocycles. The summed E-state index contributed by atoms with van der Waals surface area (Å²) in [6, 6.07) is 8.81. The van der Waals surface area contributed by atoms with Gasteiger partial charge >= 0.3 is 11.9 Å². The zero-order valence-corrected chi connectivity index (χ0v) is 17.0. The zero-order chi connectivity index (χ0) is 21.0. The summed E-state index contributed by atoms with van der Waals surface area (Å²) >= 11 is 1.35. The number of methoxy groups -OCH3 is 2. The molecule has 0 radical (unpaired) electrons. The first-order chi connectivity index (χ1) is 14.0. The third kappa shape index (κ3) is 4.30. The summed E-state index contributed by atoms with van der Waals surface area (Å²) in [4.78, 5) is 38.9. The van der Waals surface area contributed by atoms with Gasteiger partial charge in [0, 0.05) is 11.4 Å². The van der Waals surface area contributed by atoms with E-state index >= 15 is 0 Å². The molecule has 1 amide bonds. The summed E-state index contributed by atoms with van der Waals surface area (Å²) in [7, 11) is 2.48. The molecule has 2 aromatic rings. The number of carbonyl (C=O) groups is 3. The molecule has 1 aliphatic heterocycles. The molecule has 0 spiro atoms. The number of anilines is 2. The minimum atomic E-state index is -0.665. The fraction of sp³-hybridized carbons (Fsp3) is 0.250. The van der Waals surface area contributed by atoms with Crippen molar-refractivity contribution >= 4 is 40.6 Å². The summed E-state index contributed by atoms with van der Waals surface area (Å²) in [5.41, 5.74) is 2.18. The zero-order valence-electron chi connectivity index (χ0n) is 16.2. The second-order valence-corrected chi connectivity index (χ2v) is 7.09. The maximum Gasteiger partial charge on any atom is 0.355 e. The second-order valence-electron chi connectivity index (χ2n) is 6.15. The van der Waals surface area contributed by atoms with Crippen molar-refractivity contribution in [2.75, 3.05) is 37.8 Å². The van der Waals surface area contributed by atoms with Crippen molar-refractivity contribution in [3.8, 4) is 0 Å². The van der Waals surface area contributed by atoms with Crippen LogP contribution in [0, 0.1) is 6.92 Å². The molecule has 1 aliphatic rings. The largest absolute Gasteiger partial charge is 0.466 e. The van der Waals surface area contributed by atoms with Gasteiger partial charge in [-0.25, -0.2) is 9.59 Å². The van der Waals surface area contributed by atoms with Crippen molar-refractivity contribution in [3.63, 3.8) is 0 Å². The molecule has 1 N–H and O–H groups in total. The van der Waals surface area contributed by atoms with Gasteiger partial charge in [-0.3, -0.25) is 4.79 Å². The lowest BCUT2D eigenvalue weighted by Gasteiger charge is -2.31. The van der Waals surface area contributed by atoms with Gasteiger partial charge in [-0.2, -0.15) is 0 Å². The van der Waals surface area contributed by atoms with Gasteiger partial charge in [0.15, 0.2) is 0 Å². The van der Waals surface area contributed by atoms with Crippen molar-refractivity contribution in [3.05, 3.63) is 57.4 Å². The first-order valence-electron chi connectivity index (χ1n) is 8.66. The highest BCUT2D eigenvalue weighted by molar-refractivity contribution is 7.12. The Morgan fingerprint density at radius 2 is 1.90 bits per heavy atom. The van der Waals surface area contributed by atoms with E-state index in [-0.39, 0.29) is 30.5 Å². The fourth-order valence-electron chi connectivity index (χ4n) is 2.89. The van der Waals surface area contributed by atoms with Crippen LogP contribution in [-0.2, 0) is 23.8 Å². The Labute approximate surface area is 171 Å². The summed E-state index contributed by atoms with van der Waals surface area (Å²) in [5, 5.41) is 4.70. The lowest BCUT2D eigenvalue weighted by Crippen LogP contribution is -2.38. The lowest BCUT2D eigenvalue weighted by atomic mass is 10.1. The smallest absolute Gasteiger partial charge is 0.355 e. The van der Waals surface area contributed by atoms with Gasteiger partial charge in [0.1, 0.15) is 12.4 Å². The van der Waals surface area contributed by atoms with E-state index in [0.717, 1.165) is 5.56 Å². The van der Waals surface area contributed by atoms with E-state index in [2.05, 4.69) is 5.32 Å². The SMILES string of the molecule is COC(=O)C1=C(C(=O)OC)N(c2ccc(NC(=O)c3cccs3)c(C)c2)COC1. The summed E-state index contributed by atoms with van der Waals surface area (Å²) in [6.07, 6.45) is 0. The van der Waals surface area contributed by atoms with Gasteiger partial charge in [0.25, 0.3) is 5.91 Å². The number of ether oxygens (including phenoxy) is 3. The predicted octanol–water partition coefficient (Wildman–Crippen LogP) is 2.70. The number of esters is 2. The van der Waals surface area contributed by atoms with Gasteiger partial charge in [-0.05, 0) is 42.1 Å². The molecule has 29 heavy (non-hydrogen) atoms. The normalized spacial score (nSPS) is 13.8. The Morgan fingerprint density at radius 3 is 2.52 bits per heavy atom. The second kappa shape index (κ2) is 8.89. The topological polar surface area (TPSA) is 94.2 Å². The Bertz CT molecular complexity index is 967. The Hall–Kier alpha value is -3.17. The third-order valence-corrected chi connectivity index (χ3v) is 5.22. The summed E-state index contributed by atoms with van der Waals surface area (Å²) in [5.74, 6) is -1.52. The van der Waals surface area contributed by atoms with Crippen LogP contribution in [0.5, 0.6) is 0 Å². The van der Waals surface area contributed by atoms with E-state index in [1.807, 2.05) is 18.4 Å². The molecule has 3 rings (SSSR count). The number of aryl methyl sites for hydroxylation is 1. The molecule has 0 fully saturated rings. The molecule has 152 valence electrons. The molecule has 0 atom stereocenters. The third-order valence-electron chi connectivity index (χ3n) is 4.35. The molecule has 0 bridgehead atoms. The highest BCUT2D eigenvalue weighted by atomic mass is 32.1. The van der Waals surface area contributed by atoms with Crippen LogP contribution in [0.4, 0.5) is 11.4 Å². The van der Waals surface area contributed by atoms with E-state index in [0.29, 0.717) is 16.3 Å². The van der Waals surface area contributed by atoms with E-state index < -0.39 is 11.9 Å². The highest BCUT2D eigenvalue weighted by Gasteiger charge is 2.32. The maximum absolute atomic E-state index is 12.4. The monoisotopic (exact) mass is 416 g/mol. The van der Waals surface area contributed by atoms with Gasteiger partial charge in [-0.15, -0.1) is 11.3 Å². The molecule has 1 aromatic heterocycles. The van der Waals surface area contributed by atoms with E-state index in [4.69, 9.17) is 14.2 Å². The molecule has 0 saturated heterocycles. The van der Waals surface area contributed by atoms with Crippen molar-refractivity contribution in [2.24, 2.45) is 0 Å². The number of hydrogen-bond donors (Lipinski definition) is 1. The van der Waals surface area contributed by atoms with Crippen LogP contribution in [0.15, 0.2) is 47.0 Å². The standard InChI is InChI=1S/C20H20N2O6S/c1-12-9-13(6-7-15(12)21-18(23)16-5-4-8-29-16)22-11-28-10-14(19(24)26-2)17(22)20(25)27-3/h4-9H,10-11H2,1-3H3,(H,21,23). The summed E-state index contributed by atoms with van der Waals surface area (Å²) in [6.45, 7) is 1.84. The number of nitrogens with one attached hydrogen (secondary N) is 1. The molecule has 2 heterocycles. The van der Waals surface area contributed by atoms with Crippen molar-refractivity contribution in [1.82, 2.24) is 0 Å². The number of benzene rings is 1. The van der Waals surface area contributed by atoms with Crippen LogP contribution in [0.3, 0.4) is 0 Å². The average molecular weight is 416 g/mol. The fourth-order valence-corrected chi connectivity index (χ4v) is 3.51. The Kier molecular flexibility index (Phi) is 6.30. The molecule has 0 aliphatic carbocycles. The van der Waals surface area contributed by atoms with Gasteiger partial charge < -0.3 is 24.4 Å². The van der Waals surface area contributed by atoms with Gasteiger partial charge in [-0.1, -0.05) is 6.07 Å². The van der Waals surface area contributed by atoms with Crippen LogP contribution < -0.4 is 10.2 Å². The van der Waals surface area contributed by atoms with Crippen LogP contribution in [0.1, 0.15) is 15.2 Å². The number of nitrogens with zero attached hydrogens (tertiary/aromatic N) is 1. The van der Waals surface area contributed by atoms with Gasteiger partial charge in [0.2, 0.25) is 0 Å². The molecule has 9 heteroatoms. The van der Waals surface area contributed by atoms with Crippen LogP contribution in [0.2, 0.25) is 0 Å². The Morgan fingerprint density at radius 1 is 1.14 bits per heavy atom. The first-order valence-corrected chi connectivity index (χ1v) is 9.54. The molecule has 8 nitrogen and oxygen atoms in total. The molecule has 0 saturated carbocycles. The predicted molar refractivity (Wildman–Crippen MR) is 108 cm³/mol. The minimum Gasteiger partial charge on any atom is -0.466 e. The quantitative estimate of drug-likeness (QED) is 0.749.